The highest BCUT2D eigenvalue weighted by Crippen LogP contribution is 2.38. The largest absolute Gasteiger partial charge is 0.504 e. The molecule has 0 atom stereocenters. The number of phenolic OH excluding ortho intramolecular Hbond substituents is 1. The highest BCUT2D eigenvalue weighted by atomic mass is 32.2. The van der Waals surface area contributed by atoms with Crippen LogP contribution >= 0.6 is 0 Å². The second-order valence-electron chi connectivity index (χ2n) is 5.60. The molecular formula is C19H16O6S2. The Kier molecular flexibility index (Phi) is 4.95. The van der Waals surface area contributed by atoms with Crippen LogP contribution in [0.1, 0.15) is 0 Å². The van der Waals surface area contributed by atoms with E-state index in [0.29, 0.717) is 0 Å². The fourth-order valence-electron chi connectivity index (χ4n) is 2.57. The van der Waals surface area contributed by atoms with E-state index in [4.69, 9.17) is 4.74 Å². The Balaban J connectivity index is 2.35. The molecule has 0 radical (unpaired) electrons. The summed E-state index contributed by atoms with van der Waals surface area (Å²) in [4.78, 5) is -1.13. The predicted molar refractivity (Wildman–Crippen MR) is 98.4 cm³/mol. The quantitative estimate of drug-likeness (QED) is 0.702. The Bertz CT molecular complexity index is 1170. The Labute approximate surface area is 157 Å². The molecule has 0 aliphatic carbocycles. The number of hydrogen-bond acceptors (Lipinski definition) is 6. The van der Waals surface area contributed by atoms with Gasteiger partial charge in [-0.2, -0.15) is 0 Å². The molecule has 0 aliphatic heterocycles. The van der Waals surface area contributed by atoms with Crippen LogP contribution in [0.5, 0.6) is 11.5 Å². The second kappa shape index (κ2) is 7.05. The zero-order valence-corrected chi connectivity index (χ0v) is 15.9. The SMILES string of the molecule is COc1cc(S(=O)(=O)c2ccccc2)c(S(=O)(=O)c2ccccc2)cc1O. The number of methoxy groups -OCH3 is 1. The van der Waals surface area contributed by atoms with E-state index < -0.39 is 35.2 Å². The van der Waals surface area contributed by atoms with Gasteiger partial charge in [0.1, 0.15) is 0 Å². The van der Waals surface area contributed by atoms with Crippen molar-refractivity contribution < 1.29 is 26.7 Å². The maximum absolute atomic E-state index is 13.1. The molecular weight excluding hydrogens is 388 g/mol. The Hall–Kier alpha value is -2.84. The average molecular weight is 404 g/mol. The molecule has 0 saturated heterocycles. The van der Waals surface area contributed by atoms with Crippen molar-refractivity contribution in [3.8, 4) is 11.5 Å². The zero-order chi connectivity index (χ0) is 19.7. The van der Waals surface area contributed by atoms with E-state index >= 15 is 0 Å². The second-order valence-corrected chi connectivity index (χ2v) is 9.44. The van der Waals surface area contributed by atoms with Gasteiger partial charge in [0, 0.05) is 12.1 Å². The number of sulfone groups is 2. The summed E-state index contributed by atoms with van der Waals surface area (Å²) >= 11 is 0. The molecule has 0 fully saturated rings. The standard InChI is InChI=1S/C19H16O6S2/c1-25-17-13-19(27(23,24)15-10-6-3-7-11-15)18(12-16(17)20)26(21,22)14-8-4-2-5-9-14/h2-13,20H,1H3. The van der Waals surface area contributed by atoms with Gasteiger partial charge in [-0.3, -0.25) is 0 Å². The molecule has 0 aliphatic rings. The maximum Gasteiger partial charge on any atom is 0.208 e. The third-order valence-corrected chi connectivity index (χ3v) is 7.68. The number of phenols is 1. The molecule has 6 nitrogen and oxygen atoms in total. The Morgan fingerprint density at radius 1 is 0.704 bits per heavy atom. The summed E-state index contributed by atoms with van der Waals surface area (Å²) in [6.07, 6.45) is 0. The lowest BCUT2D eigenvalue weighted by Gasteiger charge is -2.14. The lowest BCUT2D eigenvalue weighted by molar-refractivity contribution is 0.370. The van der Waals surface area contributed by atoms with Gasteiger partial charge in [-0.25, -0.2) is 16.8 Å². The molecule has 0 aromatic heterocycles. The van der Waals surface area contributed by atoms with E-state index in [1.165, 1.54) is 55.6 Å². The number of rotatable bonds is 5. The smallest absolute Gasteiger partial charge is 0.208 e. The molecule has 3 rings (SSSR count). The van der Waals surface area contributed by atoms with Gasteiger partial charge in [0.15, 0.2) is 11.5 Å². The topological polar surface area (TPSA) is 97.7 Å². The third-order valence-electron chi connectivity index (χ3n) is 3.93. The number of aromatic hydroxyl groups is 1. The van der Waals surface area contributed by atoms with E-state index in [1.54, 1.807) is 12.1 Å². The van der Waals surface area contributed by atoms with Crippen molar-refractivity contribution in [3.63, 3.8) is 0 Å². The summed E-state index contributed by atoms with van der Waals surface area (Å²) in [6, 6.07) is 16.8. The van der Waals surface area contributed by atoms with E-state index in [-0.39, 0.29) is 15.5 Å². The molecule has 0 spiro atoms. The molecule has 3 aromatic carbocycles. The lowest BCUT2D eigenvalue weighted by atomic mass is 10.3. The summed E-state index contributed by atoms with van der Waals surface area (Å²) in [5.41, 5.74) is 0. The van der Waals surface area contributed by atoms with Crippen LogP contribution in [0, 0.1) is 0 Å². The first kappa shape index (κ1) is 18.9. The fourth-order valence-corrected chi connectivity index (χ4v) is 5.94. The van der Waals surface area contributed by atoms with Crippen LogP contribution < -0.4 is 4.74 Å². The molecule has 0 saturated carbocycles. The van der Waals surface area contributed by atoms with Crippen LogP contribution in [0.25, 0.3) is 0 Å². The highest BCUT2D eigenvalue weighted by Gasteiger charge is 2.31. The molecule has 8 heteroatoms. The molecule has 27 heavy (non-hydrogen) atoms. The summed E-state index contributed by atoms with van der Waals surface area (Å²) in [5, 5.41) is 10.1. The molecule has 1 N–H and O–H groups in total. The minimum absolute atomic E-state index is 0.0674. The van der Waals surface area contributed by atoms with Crippen molar-refractivity contribution in [2.45, 2.75) is 19.6 Å². The third kappa shape index (κ3) is 3.41. The van der Waals surface area contributed by atoms with Crippen LogP contribution in [0.15, 0.2) is 92.4 Å². The number of ether oxygens (including phenoxy) is 1. The normalized spacial score (nSPS) is 11.9. The fraction of sp³-hybridized carbons (Fsp3) is 0.0526. The van der Waals surface area contributed by atoms with Crippen LogP contribution in [0.3, 0.4) is 0 Å². The van der Waals surface area contributed by atoms with E-state index in [9.17, 15) is 21.9 Å². The van der Waals surface area contributed by atoms with Gasteiger partial charge in [0.05, 0.1) is 26.7 Å². The predicted octanol–water partition coefficient (Wildman–Crippen LogP) is 3.07. The number of benzene rings is 3. The molecule has 0 bridgehead atoms. The molecule has 140 valence electrons. The number of hydrogen-bond donors (Lipinski definition) is 1. The van der Waals surface area contributed by atoms with Crippen molar-refractivity contribution in [1.82, 2.24) is 0 Å². The van der Waals surface area contributed by atoms with E-state index in [0.717, 1.165) is 12.1 Å². The van der Waals surface area contributed by atoms with Crippen LogP contribution in [-0.2, 0) is 19.7 Å². The molecule has 0 amide bonds. The van der Waals surface area contributed by atoms with Crippen molar-refractivity contribution in [1.29, 1.82) is 0 Å². The lowest BCUT2D eigenvalue weighted by Crippen LogP contribution is -2.11. The summed E-state index contributed by atoms with van der Waals surface area (Å²) in [6.45, 7) is 0. The minimum Gasteiger partial charge on any atom is -0.504 e. The monoisotopic (exact) mass is 404 g/mol. The van der Waals surface area contributed by atoms with Gasteiger partial charge in [0.25, 0.3) is 0 Å². The first-order valence-corrected chi connectivity index (χ1v) is 10.8. The first-order chi connectivity index (χ1) is 12.8. The zero-order valence-electron chi connectivity index (χ0n) is 14.2. The highest BCUT2D eigenvalue weighted by molar-refractivity contribution is 7.94. The van der Waals surface area contributed by atoms with Gasteiger partial charge in [-0.1, -0.05) is 36.4 Å². The average Bonchev–Trinajstić information content (AvgIpc) is 2.69. The van der Waals surface area contributed by atoms with Gasteiger partial charge < -0.3 is 9.84 Å². The summed E-state index contributed by atoms with van der Waals surface area (Å²) < 4.78 is 57.3. The van der Waals surface area contributed by atoms with Crippen molar-refractivity contribution in [2.75, 3.05) is 7.11 Å². The van der Waals surface area contributed by atoms with Crippen LogP contribution in [-0.4, -0.2) is 29.1 Å². The maximum atomic E-state index is 13.1. The van der Waals surface area contributed by atoms with E-state index in [2.05, 4.69) is 0 Å². The van der Waals surface area contributed by atoms with Gasteiger partial charge in [0.2, 0.25) is 19.7 Å². The minimum atomic E-state index is -4.20. The summed E-state index contributed by atoms with van der Waals surface area (Å²) in [5.74, 6) is -0.615. The van der Waals surface area contributed by atoms with Crippen molar-refractivity contribution in [3.05, 3.63) is 72.8 Å². The Morgan fingerprint density at radius 3 is 1.52 bits per heavy atom. The van der Waals surface area contributed by atoms with Crippen LogP contribution in [0.4, 0.5) is 0 Å². The van der Waals surface area contributed by atoms with Gasteiger partial charge >= 0.3 is 0 Å². The first-order valence-electron chi connectivity index (χ1n) is 7.80. The summed E-state index contributed by atoms with van der Waals surface area (Å²) in [7, 11) is -7.13. The van der Waals surface area contributed by atoms with Crippen molar-refractivity contribution in [2.24, 2.45) is 0 Å². The van der Waals surface area contributed by atoms with Crippen LogP contribution in [0.2, 0.25) is 0 Å². The van der Waals surface area contributed by atoms with Gasteiger partial charge in [-0.05, 0) is 24.3 Å². The van der Waals surface area contributed by atoms with Gasteiger partial charge in [-0.15, -0.1) is 0 Å². The molecule has 0 unspecified atom stereocenters. The van der Waals surface area contributed by atoms with Crippen molar-refractivity contribution >= 4 is 19.7 Å². The Morgan fingerprint density at radius 2 is 1.11 bits per heavy atom. The molecule has 0 heterocycles. The molecule has 3 aromatic rings. The van der Waals surface area contributed by atoms with E-state index in [1.807, 2.05) is 0 Å².